The smallest absolute Gasteiger partial charge is 0.252 e. The molecule has 0 aliphatic carbocycles. The summed E-state index contributed by atoms with van der Waals surface area (Å²) in [4.78, 5) is 18.6. The molecule has 6 nitrogen and oxygen atoms in total. The van der Waals surface area contributed by atoms with Crippen LogP contribution in [0, 0.1) is 18.8 Å². The van der Waals surface area contributed by atoms with Gasteiger partial charge in [-0.1, -0.05) is 25.9 Å². The minimum absolute atomic E-state index is 0.0593. The standard InChI is InChI=1S/C16H27N3O3/c1-11(2)14-6-5-12(3)7-8-19(14)16(20)10-21-9-15-17-13(4)18-22-15/h11-12,14H,5-10H2,1-4H3/t12-,14+/m0/s1. The van der Waals surface area contributed by atoms with E-state index in [4.69, 9.17) is 9.26 Å². The number of likely N-dealkylation sites (tertiary alicyclic amines) is 1. The third-order valence-corrected chi connectivity index (χ3v) is 4.33. The molecule has 2 atom stereocenters. The molecule has 0 N–H and O–H groups in total. The van der Waals surface area contributed by atoms with Gasteiger partial charge in [0.05, 0.1) is 0 Å². The van der Waals surface area contributed by atoms with E-state index < -0.39 is 0 Å². The van der Waals surface area contributed by atoms with E-state index in [1.54, 1.807) is 6.92 Å². The lowest BCUT2D eigenvalue weighted by molar-refractivity contribution is -0.140. The van der Waals surface area contributed by atoms with Crippen molar-refractivity contribution in [3.63, 3.8) is 0 Å². The maximum Gasteiger partial charge on any atom is 0.252 e. The highest BCUT2D eigenvalue weighted by Gasteiger charge is 2.29. The molecule has 0 saturated carbocycles. The molecule has 1 aliphatic heterocycles. The van der Waals surface area contributed by atoms with Gasteiger partial charge in [0.1, 0.15) is 13.2 Å². The van der Waals surface area contributed by atoms with Gasteiger partial charge in [-0.3, -0.25) is 4.79 Å². The molecule has 1 amide bonds. The normalized spacial score (nSPS) is 22.9. The fraction of sp³-hybridized carbons (Fsp3) is 0.812. The molecule has 0 spiro atoms. The molecule has 22 heavy (non-hydrogen) atoms. The van der Waals surface area contributed by atoms with E-state index in [9.17, 15) is 4.79 Å². The molecule has 1 aliphatic rings. The monoisotopic (exact) mass is 309 g/mol. The molecule has 0 aromatic carbocycles. The van der Waals surface area contributed by atoms with Crippen molar-refractivity contribution in [3.05, 3.63) is 11.7 Å². The van der Waals surface area contributed by atoms with Crippen molar-refractivity contribution in [2.75, 3.05) is 13.2 Å². The Hall–Kier alpha value is -1.43. The summed E-state index contributed by atoms with van der Waals surface area (Å²) in [6.07, 6.45) is 3.33. The van der Waals surface area contributed by atoms with Crippen LogP contribution in [0.5, 0.6) is 0 Å². The minimum atomic E-state index is 0.0593. The predicted molar refractivity (Wildman–Crippen MR) is 82.0 cm³/mol. The van der Waals surface area contributed by atoms with Crippen LogP contribution in [-0.2, 0) is 16.1 Å². The van der Waals surface area contributed by atoms with Gasteiger partial charge in [-0.05, 0) is 38.0 Å². The average molecular weight is 309 g/mol. The number of aryl methyl sites for hydroxylation is 1. The second kappa shape index (κ2) is 7.72. The largest absolute Gasteiger partial charge is 0.362 e. The fourth-order valence-electron chi connectivity index (χ4n) is 2.99. The van der Waals surface area contributed by atoms with Gasteiger partial charge in [0.25, 0.3) is 5.89 Å². The van der Waals surface area contributed by atoms with E-state index in [2.05, 4.69) is 30.9 Å². The minimum Gasteiger partial charge on any atom is -0.362 e. The first-order chi connectivity index (χ1) is 10.5. The summed E-state index contributed by atoms with van der Waals surface area (Å²) in [5.74, 6) is 2.19. The van der Waals surface area contributed by atoms with Gasteiger partial charge >= 0.3 is 0 Å². The summed E-state index contributed by atoms with van der Waals surface area (Å²) in [7, 11) is 0. The number of hydrogen-bond donors (Lipinski definition) is 0. The zero-order valence-electron chi connectivity index (χ0n) is 14.0. The highest BCUT2D eigenvalue weighted by molar-refractivity contribution is 5.77. The van der Waals surface area contributed by atoms with E-state index >= 15 is 0 Å². The van der Waals surface area contributed by atoms with Gasteiger partial charge < -0.3 is 14.2 Å². The second-order valence-corrected chi connectivity index (χ2v) is 6.60. The van der Waals surface area contributed by atoms with E-state index in [0.717, 1.165) is 19.4 Å². The van der Waals surface area contributed by atoms with Crippen molar-refractivity contribution >= 4 is 5.91 Å². The maximum absolute atomic E-state index is 12.5. The molecule has 6 heteroatoms. The molecule has 124 valence electrons. The van der Waals surface area contributed by atoms with Crippen molar-refractivity contribution in [2.24, 2.45) is 11.8 Å². The number of nitrogens with zero attached hydrogens (tertiary/aromatic N) is 3. The lowest BCUT2D eigenvalue weighted by atomic mass is 9.95. The van der Waals surface area contributed by atoms with Crippen molar-refractivity contribution in [2.45, 2.75) is 59.6 Å². The number of amides is 1. The van der Waals surface area contributed by atoms with Crippen LogP contribution in [0.4, 0.5) is 0 Å². The van der Waals surface area contributed by atoms with Gasteiger partial charge in [-0.2, -0.15) is 4.98 Å². The number of carbonyl (C=O) groups is 1. The Balaban J connectivity index is 1.88. The highest BCUT2D eigenvalue weighted by atomic mass is 16.5. The van der Waals surface area contributed by atoms with Crippen LogP contribution in [0.15, 0.2) is 4.52 Å². The van der Waals surface area contributed by atoms with Crippen LogP contribution in [0.1, 0.15) is 51.7 Å². The van der Waals surface area contributed by atoms with Gasteiger partial charge in [-0.25, -0.2) is 0 Å². The zero-order chi connectivity index (χ0) is 16.1. The maximum atomic E-state index is 12.5. The van der Waals surface area contributed by atoms with E-state index in [1.165, 1.54) is 6.42 Å². The van der Waals surface area contributed by atoms with E-state index in [-0.39, 0.29) is 19.1 Å². The molecular formula is C16H27N3O3. The summed E-state index contributed by atoms with van der Waals surface area (Å²) < 4.78 is 10.4. The SMILES string of the molecule is Cc1noc(COCC(=O)N2CC[C@@H](C)CC[C@@H]2C(C)C)n1. The first kappa shape index (κ1) is 16.9. The Kier molecular flexibility index (Phi) is 5.94. The number of carbonyl (C=O) groups excluding carboxylic acids is 1. The molecule has 1 fully saturated rings. The first-order valence-electron chi connectivity index (χ1n) is 8.13. The molecule has 1 saturated heterocycles. The van der Waals surface area contributed by atoms with Gasteiger partial charge in [-0.15, -0.1) is 0 Å². The Labute approximate surface area is 132 Å². The fourth-order valence-corrected chi connectivity index (χ4v) is 2.99. The topological polar surface area (TPSA) is 68.5 Å². The van der Waals surface area contributed by atoms with Crippen LogP contribution in [0.2, 0.25) is 0 Å². The lowest BCUT2D eigenvalue weighted by Gasteiger charge is -2.32. The van der Waals surface area contributed by atoms with Gasteiger partial charge in [0, 0.05) is 12.6 Å². The zero-order valence-corrected chi connectivity index (χ0v) is 14.0. The Bertz CT molecular complexity index is 487. The van der Waals surface area contributed by atoms with Crippen LogP contribution in [-0.4, -0.2) is 40.1 Å². The predicted octanol–water partition coefficient (Wildman–Crippen LogP) is 2.57. The quantitative estimate of drug-likeness (QED) is 0.836. The van der Waals surface area contributed by atoms with Crippen LogP contribution < -0.4 is 0 Å². The van der Waals surface area contributed by atoms with Crippen LogP contribution >= 0.6 is 0 Å². The number of aromatic nitrogens is 2. The summed E-state index contributed by atoms with van der Waals surface area (Å²) in [5.41, 5.74) is 0. The molecule has 0 bridgehead atoms. The Morgan fingerprint density at radius 3 is 2.82 bits per heavy atom. The molecule has 0 unspecified atom stereocenters. The lowest BCUT2D eigenvalue weighted by Crippen LogP contribution is -2.44. The number of hydrogen-bond acceptors (Lipinski definition) is 5. The molecule has 2 heterocycles. The van der Waals surface area contributed by atoms with Crippen molar-refractivity contribution in [1.29, 1.82) is 0 Å². The molecule has 2 rings (SSSR count). The van der Waals surface area contributed by atoms with E-state index in [0.29, 0.717) is 29.6 Å². The molecule has 0 radical (unpaired) electrons. The third kappa shape index (κ3) is 4.53. The third-order valence-electron chi connectivity index (χ3n) is 4.33. The molecular weight excluding hydrogens is 282 g/mol. The van der Waals surface area contributed by atoms with Crippen molar-refractivity contribution in [1.82, 2.24) is 15.0 Å². The van der Waals surface area contributed by atoms with Crippen molar-refractivity contribution in [3.8, 4) is 0 Å². The van der Waals surface area contributed by atoms with Crippen LogP contribution in [0.25, 0.3) is 0 Å². The number of ether oxygens (including phenoxy) is 1. The van der Waals surface area contributed by atoms with Crippen molar-refractivity contribution < 1.29 is 14.1 Å². The summed E-state index contributed by atoms with van der Waals surface area (Å²) >= 11 is 0. The molecule has 1 aromatic heterocycles. The molecule has 1 aromatic rings. The van der Waals surface area contributed by atoms with Gasteiger partial charge in [0.2, 0.25) is 5.91 Å². The Morgan fingerprint density at radius 1 is 1.41 bits per heavy atom. The highest BCUT2D eigenvalue weighted by Crippen LogP contribution is 2.26. The average Bonchev–Trinajstić information content (AvgIpc) is 2.76. The summed E-state index contributed by atoms with van der Waals surface area (Å²) in [6, 6.07) is 0.312. The first-order valence-corrected chi connectivity index (χ1v) is 8.13. The van der Waals surface area contributed by atoms with E-state index in [1.807, 2.05) is 4.90 Å². The van der Waals surface area contributed by atoms with Crippen LogP contribution in [0.3, 0.4) is 0 Å². The second-order valence-electron chi connectivity index (χ2n) is 6.60. The number of rotatable bonds is 5. The van der Waals surface area contributed by atoms with Gasteiger partial charge in [0.15, 0.2) is 5.82 Å². The summed E-state index contributed by atoms with van der Waals surface area (Å²) in [5, 5.41) is 3.70. The Morgan fingerprint density at radius 2 is 2.18 bits per heavy atom. The summed E-state index contributed by atoms with van der Waals surface area (Å²) in [6.45, 7) is 9.46.